The predicted octanol–water partition coefficient (Wildman–Crippen LogP) is 6.30. The number of hydrogen-bond donors (Lipinski definition) is 0. The second-order valence-corrected chi connectivity index (χ2v) is 14.5. The molecule has 5 aromatic carbocycles. The summed E-state index contributed by atoms with van der Waals surface area (Å²) in [6.07, 6.45) is 5.47. The molecule has 0 unspecified atom stereocenters. The van der Waals surface area contributed by atoms with Gasteiger partial charge in [0.15, 0.2) is 0 Å². The molecule has 1 aliphatic carbocycles. The number of aryl methyl sites for hydroxylation is 2. The Bertz CT molecular complexity index is 1580. The van der Waals surface area contributed by atoms with Gasteiger partial charge in [0.05, 0.1) is 0 Å². The average molecular weight is 741 g/mol. The summed E-state index contributed by atoms with van der Waals surface area (Å²) in [4.78, 5) is 0. The summed E-state index contributed by atoms with van der Waals surface area (Å²) in [7, 11) is 0. The van der Waals surface area contributed by atoms with E-state index in [0.29, 0.717) is 0 Å². The first-order chi connectivity index (χ1) is 21.0. The van der Waals surface area contributed by atoms with E-state index >= 15 is 0 Å². The number of rotatable bonds is 6. The Morgan fingerprint density at radius 2 is 1.11 bits per heavy atom. The van der Waals surface area contributed by atoms with Gasteiger partial charge < -0.3 is 24.8 Å². The molecule has 3 heteroatoms. The molecule has 0 fully saturated rings. The van der Waals surface area contributed by atoms with Crippen molar-refractivity contribution in [3.63, 3.8) is 0 Å². The van der Waals surface area contributed by atoms with E-state index in [1.165, 1.54) is 66.8 Å². The third kappa shape index (κ3) is 9.23. The van der Waals surface area contributed by atoms with E-state index in [9.17, 15) is 0 Å². The largest absolute Gasteiger partial charge is 4.00 e. The Hall–Kier alpha value is -2.31. The molecule has 0 radical (unpaired) electrons. The first-order valence-electron chi connectivity index (χ1n) is 16.6. The van der Waals surface area contributed by atoms with Gasteiger partial charge in [-0.3, -0.25) is 0 Å². The maximum atomic E-state index is 4.01. The van der Waals surface area contributed by atoms with E-state index in [1.807, 2.05) is 30.3 Å². The van der Waals surface area contributed by atoms with E-state index < -0.39 is 0 Å². The molecule has 5 aromatic rings. The van der Waals surface area contributed by atoms with Gasteiger partial charge >= 0.3 is 26.2 Å². The summed E-state index contributed by atoms with van der Waals surface area (Å²) in [5, 5.41) is 0. The molecule has 0 aromatic heterocycles. The molecule has 6 rings (SSSR count). The molecule has 0 saturated heterocycles. The van der Waals surface area contributed by atoms with Crippen molar-refractivity contribution in [3.8, 4) is 33.4 Å². The Morgan fingerprint density at radius 1 is 0.596 bits per heavy atom. The Balaban J connectivity index is 0.000000879. The summed E-state index contributed by atoms with van der Waals surface area (Å²) in [6, 6.07) is 39.6. The SMILES string of the molecule is CCCc1ccccc1-c1[c-]c2c(cc1C(C)(C)C)-c1cc(C(C)(C)C)c(-c3ccccc3CCC)cc1C2.[Cl-].[Cl-].[Zr+4].c1cc[cH-]c1. The van der Waals surface area contributed by atoms with Crippen LogP contribution in [0, 0.1) is 6.07 Å². The molecular formula is C44H50Cl2Zr. The van der Waals surface area contributed by atoms with Gasteiger partial charge in [-0.05, 0) is 57.9 Å². The van der Waals surface area contributed by atoms with Crippen molar-refractivity contribution < 1.29 is 51.0 Å². The molecule has 0 N–H and O–H groups in total. The fourth-order valence-corrected chi connectivity index (χ4v) is 6.69. The maximum Gasteiger partial charge on any atom is 4.00 e. The van der Waals surface area contributed by atoms with Gasteiger partial charge in [0.1, 0.15) is 0 Å². The predicted molar refractivity (Wildman–Crippen MR) is 192 cm³/mol. The fraction of sp³-hybridized carbons (Fsp3) is 0.341. The number of hydrogen-bond acceptors (Lipinski definition) is 0. The standard InChI is InChI=1S/C39H45.C5H5.2ClH.Zr/c1-9-15-26-17-11-13-19-30(26)34-22-28-21-29-23-35(31-20-14-12-18-27(31)16-10-2)37(39(6,7)8)25-33(29)32(28)24-36(34)38(3,4)5;1-2-4-5-3-1;;;/h11-14,17-20,22,24-25H,9-10,15-16,21H2,1-8H3;1-5H;2*1H;/q2*-1;;;+4/p-2. The van der Waals surface area contributed by atoms with Crippen molar-refractivity contribution in [2.45, 2.75) is 98.3 Å². The minimum Gasteiger partial charge on any atom is -1.00 e. The monoisotopic (exact) mass is 738 g/mol. The molecular weight excluding hydrogens is 691 g/mol. The molecule has 0 nitrogen and oxygen atoms in total. The summed E-state index contributed by atoms with van der Waals surface area (Å²) >= 11 is 0. The van der Waals surface area contributed by atoms with Crippen molar-refractivity contribution in [3.05, 3.63) is 137 Å². The van der Waals surface area contributed by atoms with Crippen LogP contribution in [0.4, 0.5) is 0 Å². The smallest absolute Gasteiger partial charge is 1.00 e. The zero-order chi connectivity index (χ0) is 31.5. The van der Waals surface area contributed by atoms with Crippen LogP contribution in [-0.4, -0.2) is 0 Å². The van der Waals surface area contributed by atoms with Crippen molar-refractivity contribution in [1.29, 1.82) is 0 Å². The first kappa shape index (κ1) is 40.9. The van der Waals surface area contributed by atoms with Gasteiger partial charge in [-0.1, -0.05) is 151 Å². The van der Waals surface area contributed by atoms with E-state index in [0.717, 1.165) is 32.1 Å². The molecule has 0 aliphatic heterocycles. The average Bonchev–Trinajstić information content (AvgIpc) is 3.68. The molecule has 0 saturated carbocycles. The Labute approximate surface area is 317 Å². The van der Waals surface area contributed by atoms with Crippen LogP contribution in [0.5, 0.6) is 0 Å². The summed E-state index contributed by atoms with van der Waals surface area (Å²) in [5.41, 5.74) is 16.8. The third-order valence-corrected chi connectivity index (χ3v) is 8.86. The van der Waals surface area contributed by atoms with Crippen LogP contribution >= 0.6 is 0 Å². The first-order valence-corrected chi connectivity index (χ1v) is 16.6. The summed E-state index contributed by atoms with van der Waals surface area (Å²) < 4.78 is 0. The molecule has 244 valence electrons. The quantitative estimate of drug-likeness (QED) is 0.176. The van der Waals surface area contributed by atoms with Gasteiger partial charge in [-0.25, -0.2) is 12.1 Å². The van der Waals surface area contributed by atoms with Crippen molar-refractivity contribution in [2.75, 3.05) is 0 Å². The zero-order valence-corrected chi connectivity index (χ0v) is 33.5. The summed E-state index contributed by atoms with van der Waals surface area (Å²) in [5.74, 6) is 0. The van der Waals surface area contributed by atoms with Crippen molar-refractivity contribution in [1.82, 2.24) is 0 Å². The second kappa shape index (κ2) is 17.4. The minimum absolute atomic E-state index is 0. The summed E-state index contributed by atoms with van der Waals surface area (Å²) in [6.45, 7) is 18.7. The van der Waals surface area contributed by atoms with Gasteiger partial charge in [0.25, 0.3) is 0 Å². The van der Waals surface area contributed by atoms with Gasteiger partial charge in [0, 0.05) is 0 Å². The van der Waals surface area contributed by atoms with Crippen LogP contribution < -0.4 is 24.8 Å². The van der Waals surface area contributed by atoms with Crippen LogP contribution in [-0.2, 0) is 56.3 Å². The molecule has 0 heterocycles. The Kier molecular flexibility index (Phi) is 15.1. The van der Waals surface area contributed by atoms with Gasteiger partial charge in [-0.15, -0.1) is 28.8 Å². The molecule has 47 heavy (non-hydrogen) atoms. The van der Waals surface area contributed by atoms with E-state index in [-0.39, 0.29) is 61.8 Å². The van der Waals surface area contributed by atoms with Crippen LogP contribution in [0.3, 0.4) is 0 Å². The maximum absolute atomic E-state index is 4.01. The molecule has 1 aliphatic rings. The zero-order valence-electron chi connectivity index (χ0n) is 29.5. The Morgan fingerprint density at radius 3 is 1.62 bits per heavy atom. The van der Waals surface area contributed by atoms with E-state index in [4.69, 9.17) is 0 Å². The van der Waals surface area contributed by atoms with Gasteiger partial charge in [0.2, 0.25) is 0 Å². The van der Waals surface area contributed by atoms with E-state index in [2.05, 4.69) is 128 Å². The van der Waals surface area contributed by atoms with Crippen molar-refractivity contribution in [2.24, 2.45) is 0 Å². The number of fused-ring (bicyclic) bond motifs is 3. The van der Waals surface area contributed by atoms with Crippen molar-refractivity contribution >= 4 is 0 Å². The molecule has 0 spiro atoms. The van der Waals surface area contributed by atoms with Crippen LogP contribution in [0.15, 0.2) is 97.1 Å². The van der Waals surface area contributed by atoms with Crippen LogP contribution in [0.2, 0.25) is 0 Å². The van der Waals surface area contributed by atoms with Gasteiger partial charge in [-0.2, -0.15) is 18.2 Å². The molecule has 0 atom stereocenters. The van der Waals surface area contributed by atoms with E-state index in [1.54, 1.807) is 0 Å². The number of benzene rings is 4. The second-order valence-electron chi connectivity index (χ2n) is 14.5. The van der Waals surface area contributed by atoms with Crippen LogP contribution in [0.1, 0.15) is 102 Å². The third-order valence-electron chi connectivity index (χ3n) is 8.86. The molecule has 0 bridgehead atoms. The molecule has 0 amide bonds. The normalized spacial score (nSPS) is 11.6. The number of halogens is 2. The van der Waals surface area contributed by atoms with Crippen LogP contribution in [0.25, 0.3) is 33.4 Å². The fourth-order valence-electron chi connectivity index (χ4n) is 6.69. The topological polar surface area (TPSA) is 0 Å². The minimum atomic E-state index is 0.